The van der Waals surface area contributed by atoms with Gasteiger partial charge < -0.3 is 20.3 Å². The van der Waals surface area contributed by atoms with Crippen molar-refractivity contribution in [1.82, 2.24) is 0 Å². The van der Waals surface area contributed by atoms with Crippen LogP contribution in [-0.2, 0) is 4.79 Å². The Kier molecular flexibility index (Phi) is 4.97. The van der Waals surface area contributed by atoms with E-state index in [1.54, 1.807) is 26.4 Å². The van der Waals surface area contributed by atoms with Crippen molar-refractivity contribution < 1.29 is 19.4 Å². The van der Waals surface area contributed by atoms with Crippen molar-refractivity contribution in [3.8, 4) is 11.5 Å². The summed E-state index contributed by atoms with van der Waals surface area (Å²) in [7, 11) is 3.09. The van der Waals surface area contributed by atoms with Crippen LogP contribution in [0, 0.1) is 0 Å². The molecular weight excluding hydrogens is 234 g/mol. The first-order valence-corrected chi connectivity index (χ1v) is 5.75. The summed E-state index contributed by atoms with van der Waals surface area (Å²) in [6, 6.07) is 4.42. The average Bonchev–Trinajstić information content (AvgIpc) is 2.39. The van der Waals surface area contributed by atoms with Crippen LogP contribution in [0.2, 0.25) is 0 Å². The van der Waals surface area contributed by atoms with E-state index in [4.69, 9.17) is 20.3 Å². The van der Waals surface area contributed by atoms with Gasteiger partial charge in [-0.2, -0.15) is 0 Å². The van der Waals surface area contributed by atoms with Crippen molar-refractivity contribution in [2.75, 3.05) is 14.2 Å². The Morgan fingerprint density at radius 2 is 1.94 bits per heavy atom. The van der Waals surface area contributed by atoms with E-state index >= 15 is 0 Å². The molecule has 18 heavy (non-hydrogen) atoms. The van der Waals surface area contributed by atoms with Crippen molar-refractivity contribution >= 4 is 5.97 Å². The molecule has 1 rings (SSSR count). The van der Waals surface area contributed by atoms with E-state index in [0.717, 1.165) is 5.56 Å². The van der Waals surface area contributed by atoms with Gasteiger partial charge in [-0.15, -0.1) is 0 Å². The first kappa shape index (κ1) is 14.3. The molecular formula is C13H19NO4. The summed E-state index contributed by atoms with van der Waals surface area (Å²) >= 11 is 0. The molecule has 0 aliphatic rings. The van der Waals surface area contributed by atoms with E-state index in [1.165, 1.54) is 0 Å². The number of hydrogen-bond donors (Lipinski definition) is 2. The normalized spacial score (nSPS) is 13.8. The summed E-state index contributed by atoms with van der Waals surface area (Å²) in [5.74, 6) is -0.0648. The fourth-order valence-electron chi connectivity index (χ4n) is 1.95. The van der Waals surface area contributed by atoms with Crippen LogP contribution in [-0.4, -0.2) is 31.3 Å². The molecule has 3 N–H and O–H groups in total. The predicted molar refractivity (Wildman–Crippen MR) is 68.2 cm³/mol. The SMILES string of the molecule is CCC(c1ccc(OC)c(OC)c1)C(N)C(=O)O. The predicted octanol–water partition coefficient (Wildman–Crippen LogP) is 1.61. The summed E-state index contributed by atoms with van der Waals surface area (Å²) in [6.45, 7) is 1.91. The number of ether oxygens (including phenoxy) is 2. The summed E-state index contributed by atoms with van der Waals surface area (Å²) in [5.41, 5.74) is 6.53. The second kappa shape index (κ2) is 6.26. The molecule has 0 saturated heterocycles. The first-order valence-electron chi connectivity index (χ1n) is 5.75. The van der Waals surface area contributed by atoms with Crippen LogP contribution in [0.15, 0.2) is 18.2 Å². The summed E-state index contributed by atoms with van der Waals surface area (Å²) in [4.78, 5) is 11.0. The molecule has 0 amide bonds. The highest BCUT2D eigenvalue weighted by atomic mass is 16.5. The third-order valence-corrected chi connectivity index (χ3v) is 2.99. The van der Waals surface area contributed by atoms with Gasteiger partial charge in [-0.25, -0.2) is 0 Å². The number of benzene rings is 1. The standard InChI is InChI=1S/C13H19NO4/c1-4-9(12(14)13(15)16)8-5-6-10(17-2)11(7-8)18-3/h5-7,9,12H,4,14H2,1-3H3,(H,15,16). The van der Waals surface area contributed by atoms with Crippen LogP contribution in [0.25, 0.3) is 0 Å². The van der Waals surface area contributed by atoms with Gasteiger partial charge in [0.25, 0.3) is 0 Å². The molecule has 5 heteroatoms. The second-order valence-corrected chi connectivity index (χ2v) is 3.99. The molecule has 0 aromatic heterocycles. The highest BCUT2D eigenvalue weighted by Crippen LogP contribution is 2.32. The Bertz CT molecular complexity index is 419. The zero-order chi connectivity index (χ0) is 13.7. The molecule has 5 nitrogen and oxygen atoms in total. The number of aliphatic carboxylic acids is 1. The van der Waals surface area contributed by atoms with E-state index in [-0.39, 0.29) is 5.92 Å². The number of methoxy groups -OCH3 is 2. The summed E-state index contributed by atoms with van der Waals surface area (Å²) in [5, 5.41) is 8.99. The lowest BCUT2D eigenvalue weighted by Crippen LogP contribution is -2.36. The maximum atomic E-state index is 11.0. The van der Waals surface area contributed by atoms with Gasteiger partial charge in [-0.1, -0.05) is 13.0 Å². The highest BCUT2D eigenvalue weighted by Gasteiger charge is 2.25. The van der Waals surface area contributed by atoms with Crippen molar-refractivity contribution in [3.05, 3.63) is 23.8 Å². The third kappa shape index (κ3) is 2.92. The van der Waals surface area contributed by atoms with Crippen LogP contribution in [0.4, 0.5) is 0 Å². The number of nitrogens with two attached hydrogens (primary N) is 1. The summed E-state index contributed by atoms with van der Waals surface area (Å²) < 4.78 is 10.3. The zero-order valence-corrected chi connectivity index (χ0v) is 10.8. The van der Waals surface area contributed by atoms with Gasteiger partial charge in [-0.3, -0.25) is 4.79 Å². The van der Waals surface area contributed by atoms with E-state index in [9.17, 15) is 4.79 Å². The van der Waals surface area contributed by atoms with Crippen LogP contribution < -0.4 is 15.2 Å². The maximum absolute atomic E-state index is 11.0. The number of rotatable bonds is 6. The van der Waals surface area contributed by atoms with E-state index in [1.807, 2.05) is 13.0 Å². The number of carbonyl (C=O) groups is 1. The number of hydrogen-bond acceptors (Lipinski definition) is 4. The molecule has 2 atom stereocenters. The number of carboxylic acids is 1. The van der Waals surface area contributed by atoms with Crippen molar-refractivity contribution in [2.45, 2.75) is 25.3 Å². The van der Waals surface area contributed by atoms with Gasteiger partial charge in [0.15, 0.2) is 11.5 Å². The molecule has 100 valence electrons. The molecule has 1 aromatic carbocycles. The largest absolute Gasteiger partial charge is 0.493 e. The molecule has 0 aliphatic carbocycles. The van der Waals surface area contributed by atoms with Crippen molar-refractivity contribution in [2.24, 2.45) is 5.73 Å². The molecule has 0 fully saturated rings. The molecule has 0 saturated carbocycles. The molecule has 0 bridgehead atoms. The van der Waals surface area contributed by atoms with Crippen LogP contribution >= 0.6 is 0 Å². The Morgan fingerprint density at radius 1 is 1.33 bits per heavy atom. The summed E-state index contributed by atoms with van der Waals surface area (Å²) in [6.07, 6.45) is 0.642. The third-order valence-electron chi connectivity index (χ3n) is 2.99. The van der Waals surface area contributed by atoms with E-state index in [2.05, 4.69) is 0 Å². The van der Waals surface area contributed by atoms with Crippen LogP contribution in [0.3, 0.4) is 0 Å². The van der Waals surface area contributed by atoms with Gasteiger partial charge in [0.1, 0.15) is 6.04 Å². The quantitative estimate of drug-likeness (QED) is 0.805. The molecule has 0 spiro atoms. The Morgan fingerprint density at radius 3 is 2.39 bits per heavy atom. The number of carboxylic acid groups (broad SMARTS) is 1. The lowest BCUT2D eigenvalue weighted by atomic mass is 9.89. The highest BCUT2D eigenvalue weighted by molar-refractivity contribution is 5.74. The van der Waals surface area contributed by atoms with Crippen LogP contribution in [0.5, 0.6) is 11.5 Å². The monoisotopic (exact) mass is 253 g/mol. The van der Waals surface area contributed by atoms with Gasteiger partial charge in [0.05, 0.1) is 14.2 Å². The Hall–Kier alpha value is -1.75. The van der Waals surface area contributed by atoms with E-state index in [0.29, 0.717) is 17.9 Å². The lowest BCUT2D eigenvalue weighted by molar-refractivity contribution is -0.139. The van der Waals surface area contributed by atoms with Crippen molar-refractivity contribution in [3.63, 3.8) is 0 Å². The first-order chi connectivity index (χ1) is 8.54. The Balaban J connectivity index is 3.10. The fraction of sp³-hybridized carbons (Fsp3) is 0.462. The zero-order valence-electron chi connectivity index (χ0n) is 10.8. The van der Waals surface area contributed by atoms with E-state index < -0.39 is 12.0 Å². The minimum absolute atomic E-state index is 0.248. The lowest BCUT2D eigenvalue weighted by Gasteiger charge is -2.20. The molecule has 0 radical (unpaired) electrons. The molecule has 0 aliphatic heterocycles. The smallest absolute Gasteiger partial charge is 0.321 e. The van der Waals surface area contributed by atoms with Gasteiger partial charge in [0, 0.05) is 5.92 Å². The van der Waals surface area contributed by atoms with Crippen LogP contribution in [0.1, 0.15) is 24.8 Å². The minimum atomic E-state index is -1.00. The average molecular weight is 253 g/mol. The minimum Gasteiger partial charge on any atom is -0.493 e. The second-order valence-electron chi connectivity index (χ2n) is 3.99. The molecule has 0 heterocycles. The van der Waals surface area contributed by atoms with Gasteiger partial charge in [-0.05, 0) is 24.1 Å². The van der Waals surface area contributed by atoms with Gasteiger partial charge >= 0.3 is 5.97 Å². The molecule has 2 unspecified atom stereocenters. The van der Waals surface area contributed by atoms with Crippen molar-refractivity contribution in [1.29, 1.82) is 0 Å². The fourth-order valence-corrected chi connectivity index (χ4v) is 1.95. The maximum Gasteiger partial charge on any atom is 0.321 e. The van der Waals surface area contributed by atoms with Gasteiger partial charge in [0.2, 0.25) is 0 Å². The molecule has 1 aromatic rings. The topological polar surface area (TPSA) is 81.8 Å². The Labute approximate surface area is 107 Å².